The van der Waals surface area contributed by atoms with Crippen LogP contribution < -0.4 is 0 Å². The van der Waals surface area contributed by atoms with Crippen molar-refractivity contribution in [3.8, 4) is 0 Å². The van der Waals surface area contributed by atoms with Crippen LogP contribution in [0.2, 0.25) is 5.22 Å². The molecule has 2 heterocycles. The van der Waals surface area contributed by atoms with Crippen molar-refractivity contribution in [1.82, 2.24) is 9.80 Å². The minimum absolute atomic E-state index is 0.0441. The molecule has 1 atom stereocenters. The topological polar surface area (TPSA) is 53.8 Å². The van der Waals surface area contributed by atoms with Gasteiger partial charge in [-0.05, 0) is 54.1 Å². The molecule has 1 unspecified atom stereocenters. The minimum atomic E-state index is -0.169. The molecule has 2 amide bonds. The molecule has 26 heavy (non-hydrogen) atoms. The average molecular weight is 373 g/mol. The monoisotopic (exact) mass is 372 g/mol. The Balaban J connectivity index is 1.42. The van der Waals surface area contributed by atoms with E-state index in [9.17, 15) is 9.59 Å². The molecule has 4 rings (SSSR count). The first-order valence-electron chi connectivity index (χ1n) is 9.04. The summed E-state index contributed by atoms with van der Waals surface area (Å²) < 4.78 is 5.23. The highest BCUT2D eigenvalue weighted by atomic mass is 35.5. The van der Waals surface area contributed by atoms with Gasteiger partial charge in [0, 0.05) is 26.2 Å². The van der Waals surface area contributed by atoms with Crippen molar-refractivity contribution in [2.75, 3.05) is 26.2 Å². The summed E-state index contributed by atoms with van der Waals surface area (Å²) in [6.45, 7) is 2.36. The molecular formula is C20H21ClN2O3. The van der Waals surface area contributed by atoms with Gasteiger partial charge < -0.3 is 14.2 Å². The molecule has 1 fully saturated rings. The molecule has 1 saturated heterocycles. The van der Waals surface area contributed by atoms with Crippen LogP contribution in [0.1, 0.15) is 40.4 Å². The van der Waals surface area contributed by atoms with E-state index in [1.165, 1.54) is 11.1 Å². The van der Waals surface area contributed by atoms with Crippen LogP contribution in [0.25, 0.3) is 0 Å². The lowest BCUT2D eigenvalue weighted by Crippen LogP contribution is -2.39. The van der Waals surface area contributed by atoms with E-state index >= 15 is 0 Å². The van der Waals surface area contributed by atoms with Crippen molar-refractivity contribution in [1.29, 1.82) is 0 Å². The van der Waals surface area contributed by atoms with Crippen molar-refractivity contribution < 1.29 is 14.0 Å². The van der Waals surface area contributed by atoms with E-state index in [2.05, 4.69) is 12.1 Å². The summed E-state index contributed by atoms with van der Waals surface area (Å²) >= 11 is 5.76. The number of furan rings is 1. The Hall–Kier alpha value is -2.27. The van der Waals surface area contributed by atoms with Crippen molar-refractivity contribution >= 4 is 23.4 Å². The Labute approximate surface area is 157 Å². The van der Waals surface area contributed by atoms with Crippen LogP contribution in [0.5, 0.6) is 0 Å². The molecule has 6 heteroatoms. The van der Waals surface area contributed by atoms with Crippen molar-refractivity contribution in [2.45, 2.75) is 25.2 Å². The third kappa shape index (κ3) is 3.23. The standard InChI is InChI=1S/C20H21ClN2O3/c21-18-9-8-17(26-18)20(25)23-11-3-10-22(12-13-23)19(24)16-7-6-14-4-1-2-5-15(14)16/h1-2,4-5,8-9,16H,3,6-7,10-13H2. The predicted octanol–water partition coefficient (Wildman–Crippen LogP) is 3.34. The first kappa shape index (κ1) is 17.2. The van der Waals surface area contributed by atoms with Crippen LogP contribution in [0.4, 0.5) is 0 Å². The zero-order valence-electron chi connectivity index (χ0n) is 14.5. The van der Waals surface area contributed by atoms with Crippen LogP contribution in [-0.4, -0.2) is 47.8 Å². The fourth-order valence-corrected chi connectivity index (χ4v) is 4.11. The molecule has 136 valence electrons. The number of fused-ring (bicyclic) bond motifs is 1. The number of benzene rings is 1. The number of aryl methyl sites for hydroxylation is 1. The molecule has 5 nitrogen and oxygen atoms in total. The van der Waals surface area contributed by atoms with Gasteiger partial charge in [0.1, 0.15) is 0 Å². The number of rotatable bonds is 2. The maximum Gasteiger partial charge on any atom is 0.289 e. The fourth-order valence-electron chi connectivity index (χ4n) is 3.96. The second-order valence-corrected chi connectivity index (χ2v) is 7.24. The number of hydrogen-bond acceptors (Lipinski definition) is 3. The zero-order chi connectivity index (χ0) is 18.1. The number of halogens is 1. The minimum Gasteiger partial charge on any atom is -0.440 e. The van der Waals surface area contributed by atoms with Gasteiger partial charge >= 0.3 is 0 Å². The van der Waals surface area contributed by atoms with Gasteiger partial charge in [0.05, 0.1) is 5.92 Å². The van der Waals surface area contributed by atoms with Gasteiger partial charge in [-0.3, -0.25) is 9.59 Å². The fraction of sp³-hybridized carbons (Fsp3) is 0.400. The first-order valence-corrected chi connectivity index (χ1v) is 9.42. The van der Waals surface area contributed by atoms with Gasteiger partial charge in [0.25, 0.3) is 5.91 Å². The number of amides is 2. The van der Waals surface area contributed by atoms with Crippen molar-refractivity contribution in [3.05, 3.63) is 58.5 Å². The molecular weight excluding hydrogens is 352 g/mol. The average Bonchev–Trinajstić information content (AvgIpc) is 3.19. The van der Waals surface area contributed by atoms with Crippen LogP contribution in [0.15, 0.2) is 40.8 Å². The van der Waals surface area contributed by atoms with E-state index in [-0.39, 0.29) is 28.7 Å². The van der Waals surface area contributed by atoms with Gasteiger partial charge in [0.15, 0.2) is 11.0 Å². The highest BCUT2D eigenvalue weighted by molar-refractivity contribution is 6.29. The highest BCUT2D eigenvalue weighted by Gasteiger charge is 2.33. The lowest BCUT2D eigenvalue weighted by molar-refractivity contribution is -0.132. The summed E-state index contributed by atoms with van der Waals surface area (Å²) in [7, 11) is 0. The third-order valence-corrected chi connectivity index (χ3v) is 5.51. The van der Waals surface area contributed by atoms with Gasteiger partial charge in [0.2, 0.25) is 5.91 Å². The van der Waals surface area contributed by atoms with E-state index < -0.39 is 0 Å². The van der Waals surface area contributed by atoms with E-state index in [4.69, 9.17) is 16.0 Å². The molecule has 1 aliphatic heterocycles. The van der Waals surface area contributed by atoms with Gasteiger partial charge in [-0.25, -0.2) is 0 Å². The molecule has 2 aromatic rings. The maximum atomic E-state index is 13.1. The molecule has 1 aromatic heterocycles. The smallest absolute Gasteiger partial charge is 0.289 e. The lowest BCUT2D eigenvalue weighted by atomic mass is 10.00. The van der Waals surface area contributed by atoms with E-state index in [0.29, 0.717) is 26.2 Å². The second-order valence-electron chi connectivity index (χ2n) is 6.86. The Morgan fingerprint density at radius 1 is 1.00 bits per heavy atom. The second kappa shape index (κ2) is 7.16. The van der Waals surface area contributed by atoms with Crippen LogP contribution in [0, 0.1) is 0 Å². The van der Waals surface area contributed by atoms with Crippen molar-refractivity contribution in [3.63, 3.8) is 0 Å². The third-order valence-electron chi connectivity index (χ3n) is 5.31. The molecule has 2 aliphatic rings. The summed E-state index contributed by atoms with van der Waals surface area (Å²) in [6.07, 6.45) is 2.60. The molecule has 0 saturated carbocycles. The highest BCUT2D eigenvalue weighted by Crippen LogP contribution is 2.34. The quantitative estimate of drug-likeness (QED) is 0.812. The first-order chi connectivity index (χ1) is 12.6. The SMILES string of the molecule is O=C(c1ccc(Cl)o1)N1CCCN(C(=O)C2CCc3ccccc32)CC1. The Morgan fingerprint density at radius 2 is 1.77 bits per heavy atom. The largest absolute Gasteiger partial charge is 0.440 e. The molecule has 0 radical (unpaired) electrons. The predicted molar refractivity (Wildman–Crippen MR) is 98.3 cm³/mol. The molecule has 1 aliphatic carbocycles. The van der Waals surface area contributed by atoms with E-state index in [1.54, 1.807) is 17.0 Å². The van der Waals surface area contributed by atoms with E-state index in [1.807, 2.05) is 17.0 Å². The van der Waals surface area contributed by atoms with Crippen LogP contribution >= 0.6 is 11.6 Å². The Morgan fingerprint density at radius 3 is 2.58 bits per heavy atom. The molecule has 0 N–H and O–H groups in total. The number of carbonyl (C=O) groups is 2. The number of hydrogen-bond donors (Lipinski definition) is 0. The summed E-state index contributed by atoms with van der Waals surface area (Å²) in [5.74, 6) is 0.222. The molecule has 0 bridgehead atoms. The summed E-state index contributed by atoms with van der Waals surface area (Å²) in [6, 6.07) is 11.4. The lowest BCUT2D eigenvalue weighted by Gasteiger charge is -2.25. The number of carbonyl (C=O) groups excluding carboxylic acids is 2. The van der Waals surface area contributed by atoms with Gasteiger partial charge in [-0.1, -0.05) is 24.3 Å². The van der Waals surface area contributed by atoms with E-state index in [0.717, 1.165) is 19.3 Å². The van der Waals surface area contributed by atoms with Crippen LogP contribution in [-0.2, 0) is 11.2 Å². The van der Waals surface area contributed by atoms with Crippen molar-refractivity contribution in [2.24, 2.45) is 0 Å². The van der Waals surface area contributed by atoms with Gasteiger partial charge in [-0.15, -0.1) is 0 Å². The summed E-state index contributed by atoms with van der Waals surface area (Å²) in [4.78, 5) is 29.2. The molecule has 0 spiro atoms. The summed E-state index contributed by atoms with van der Waals surface area (Å²) in [5.41, 5.74) is 2.45. The van der Waals surface area contributed by atoms with Gasteiger partial charge in [-0.2, -0.15) is 0 Å². The Kier molecular flexibility index (Phi) is 4.72. The zero-order valence-corrected chi connectivity index (χ0v) is 15.2. The van der Waals surface area contributed by atoms with Crippen LogP contribution in [0.3, 0.4) is 0 Å². The maximum absolute atomic E-state index is 13.1. The normalized spacial score (nSPS) is 20.0. The summed E-state index contributed by atoms with van der Waals surface area (Å²) in [5, 5.41) is 0.208. The number of nitrogens with zero attached hydrogens (tertiary/aromatic N) is 2. The Bertz CT molecular complexity index is 832. The molecule has 1 aromatic carbocycles.